The van der Waals surface area contributed by atoms with Crippen molar-refractivity contribution in [3.63, 3.8) is 0 Å². The van der Waals surface area contributed by atoms with E-state index in [9.17, 15) is 17.7 Å². The average Bonchev–Trinajstić information content (AvgIpc) is 2.28. The Labute approximate surface area is 117 Å². The van der Waals surface area contributed by atoms with Gasteiger partial charge in [0.05, 0.1) is 24.1 Å². The predicted octanol–water partition coefficient (Wildman–Crippen LogP) is 4.36. The minimum Gasteiger partial charge on any atom is -0.305 e. The summed E-state index contributed by atoms with van der Waals surface area (Å²) in [6, 6.07) is 3.34. The van der Waals surface area contributed by atoms with E-state index in [1.807, 2.05) is 0 Å². The third kappa shape index (κ3) is 4.05. The molecule has 0 spiro atoms. The van der Waals surface area contributed by atoms with Gasteiger partial charge in [0.2, 0.25) is 0 Å². The van der Waals surface area contributed by atoms with E-state index in [0.717, 1.165) is 12.1 Å². The fraction of sp³-hybridized carbons (Fsp3) is 0.455. The Bertz CT molecular complexity index is 481. The Morgan fingerprint density at radius 1 is 1.21 bits per heavy atom. The van der Waals surface area contributed by atoms with Crippen LogP contribution in [0.2, 0.25) is 0 Å². The van der Waals surface area contributed by atoms with Gasteiger partial charge in [0.25, 0.3) is 0 Å². The lowest BCUT2D eigenvalue weighted by atomic mass is 10.2. The molecule has 0 aromatic heterocycles. The van der Waals surface area contributed by atoms with Gasteiger partial charge in [-0.3, -0.25) is 4.57 Å². The van der Waals surface area contributed by atoms with E-state index in [2.05, 4.69) is 15.9 Å². The molecular formula is C11H13BrF3O3P. The van der Waals surface area contributed by atoms with Crippen LogP contribution in [0.15, 0.2) is 22.7 Å². The Hall–Kier alpha value is -0.360. The summed E-state index contributed by atoms with van der Waals surface area (Å²) in [5, 5.41) is -0.466. The third-order valence-corrected chi connectivity index (χ3v) is 4.83. The summed E-state index contributed by atoms with van der Waals surface area (Å²) in [7, 11) is -3.97. The molecule has 0 N–H and O–H groups in total. The average molecular weight is 361 g/mol. The van der Waals surface area contributed by atoms with Crippen molar-refractivity contribution in [2.75, 3.05) is 13.2 Å². The number of benzene rings is 1. The van der Waals surface area contributed by atoms with Crippen LogP contribution < -0.4 is 5.30 Å². The second-order valence-corrected chi connectivity index (χ2v) is 6.40. The van der Waals surface area contributed by atoms with Crippen LogP contribution in [0.5, 0.6) is 0 Å². The van der Waals surface area contributed by atoms with Gasteiger partial charge in [-0.1, -0.05) is 15.9 Å². The van der Waals surface area contributed by atoms with E-state index in [1.54, 1.807) is 0 Å². The molecule has 1 aromatic carbocycles. The highest BCUT2D eigenvalue weighted by Crippen LogP contribution is 2.50. The van der Waals surface area contributed by atoms with Gasteiger partial charge in [-0.15, -0.1) is 0 Å². The van der Waals surface area contributed by atoms with Gasteiger partial charge >= 0.3 is 13.8 Å². The van der Waals surface area contributed by atoms with E-state index in [4.69, 9.17) is 9.05 Å². The Morgan fingerprint density at radius 2 is 1.74 bits per heavy atom. The first kappa shape index (κ1) is 16.7. The Balaban J connectivity index is 3.43. The van der Waals surface area contributed by atoms with Crippen LogP contribution in [0.4, 0.5) is 13.2 Å². The fourth-order valence-electron chi connectivity index (χ4n) is 1.49. The molecule has 108 valence electrons. The fourth-order valence-corrected chi connectivity index (χ4v) is 3.63. The zero-order chi connectivity index (χ0) is 14.7. The molecule has 1 rings (SSSR count). The van der Waals surface area contributed by atoms with E-state index in [0.29, 0.717) is 0 Å². The molecule has 0 aliphatic rings. The summed E-state index contributed by atoms with van der Waals surface area (Å²) in [6.07, 6.45) is -4.64. The smallest absolute Gasteiger partial charge is 0.305 e. The number of hydrogen-bond acceptors (Lipinski definition) is 3. The molecule has 0 radical (unpaired) electrons. The first-order chi connectivity index (χ1) is 8.74. The molecule has 0 heterocycles. The van der Waals surface area contributed by atoms with Crippen molar-refractivity contribution < 1.29 is 26.8 Å². The summed E-state index contributed by atoms with van der Waals surface area (Å²) < 4.78 is 61.5. The topological polar surface area (TPSA) is 35.5 Å². The van der Waals surface area contributed by atoms with Crippen molar-refractivity contribution in [1.82, 2.24) is 0 Å². The molecule has 0 unspecified atom stereocenters. The minimum atomic E-state index is -4.64. The van der Waals surface area contributed by atoms with Crippen molar-refractivity contribution in [2.24, 2.45) is 0 Å². The van der Waals surface area contributed by atoms with Crippen molar-refractivity contribution in [1.29, 1.82) is 0 Å². The van der Waals surface area contributed by atoms with E-state index in [-0.39, 0.29) is 17.7 Å². The van der Waals surface area contributed by atoms with Crippen molar-refractivity contribution in [3.8, 4) is 0 Å². The molecule has 1 aromatic rings. The van der Waals surface area contributed by atoms with Crippen LogP contribution in [0.3, 0.4) is 0 Å². The van der Waals surface area contributed by atoms with Crippen molar-refractivity contribution in [2.45, 2.75) is 20.0 Å². The second-order valence-electron chi connectivity index (χ2n) is 3.49. The molecule has 8 heteroatoms. The number of alkyl halides is 3. The predicted molar refractivity (Wildman–Crippen MR) is 69.6 cm³/mol. The lowest BCUT2D eigenvalue weighted by Gasteiger charge is -2.21. The quantitative estimate of drug-likeness (QED) is 0.732. The lowest BCUT2D eigenvalue weighted by molar-refractivity contribution is -0.136. The van der Waals surface area contributed by atoms with Gasteiger partial charge in [0.1, 0.15) is 0 Å². The standard InChI is InChI=1S/C11H13BrF3O3P/c1-3-17-19(16,18-4-2)10-6-5-8(12)7-9(10)11(13,14)15/h5-7H,3-4H2,1-2H3. The van der Waals surface area contributed by atoms with Crippen LogP contribution in [-0.2, 0) is 19.8 Å². The lowest BCUT2D eigenvalue weighted by Crippen LogP contribution is -2.22. The maximum absolute atomic E-state index is 13.0. The van der Waals surface area contributed by atoms with Crippen molar-refractivity contribution in [3.05, 3.63) is 28.2 Å². The van der Waals surface area contributed by atoms with E-state index >= 15 is 0 Å². The maximum atomic E-state index is 13.0. The van der Waals surface area contributed by atoms with Gasteiger partial charge in [-0.25, -0.2) is 0 Å². The molecule has 0 aliphatic carbocycles. The Morgan fingerprint density at radius 3 is 2.16 bits per heavy atom. The van der Waals surface area contributed by atoms with E-state index in [1.165, 1.54) is 19.9 Å². The van der Waals surface area contributed by atoms with Crippen molar-refractivity contribution >= 4 is 28.8 Å². The number of hydrogen-bond donors (Lipinski definition) is 0. The maximum Gasteiger partial charge on any atom is 0.417 e. The number of halogens is 4. The number of rotatable bonds is 5. The van der Waals surface area contributed by atoms with Crippen LogP contribution in [0.25, 0.3) is 0 Å². The van der Waals surface area contributed by atoms with Crippen LogP contribution in [0, 0.1) is 0 Å². The van der Waals surface area contributed by atoms with Gasteiger partial charge in [-0.05, 0) is 32.0 Å². The molecule has 0 atom stereocenters. The summed E-state index contributed by atoms with van der Waals surface area (Å²) >= 11 is 2.96. The highest BCUT2D eigenvalue weighted by molar-refractivity contribution is 9.10. The normalized spacial score (nSPS) is 12.7. The summed E-state index contributed by atoms with van der Waals surface area (Å²) in [6.45, 7) is 3.06. The van der Waals surface area contributed by atoms with Gasteiger partial charge in [-0.2, -0.15) is 13.2 Å². The zero-order valence-electron chi connectivity index (χ0n) is 10.3. The van der Waals surface area contributed by atoms with E-state index < -0.39 is 24.6 Å². The van der Waals surface area contributed by atoms with Gasteiger partial charge in [0, 0.05) is 4.47 Å². The first-order valence-electron chi connectivity index (χ1n) is 5.51. The molecule has 0 amide bonds. The largest absolute Gasteiger partial charge is 0.417 e. The molecule has 0 saturated heterocycles. The third-order valence-electron chi connectivity index (χ3n) is 2.16. The van der Waals surface area contributed by atoms with Gasteiger partial charge in [0.15, 0.2) is 0 Å². The molecule has 0 bridgehead atoms. The highest BCUT2D eigenvalue weighted by Gasteiger charge is 2.40. The Kier molecular flexibility index (Phi) is 5.62. The molecule has 0 saturated carbocycles. The molecule has 0 fully saturated rings. The summed E-state index contributed by atoms with van der Waals surface area (Å²) in [4.78, 5) is 0. The van der Waals surface area contributed by atoms with Crippen LogP contribution >= 0.6 is 23.5 Å². The minimum absolute atomic E-state index is 0.00929. The molecule has 0 aliphatic heterocycles. The monoisotopic (exact) mass is 360 g/mol. The summed E-state index contributed by atoms with van der Waals surface area (Å²) in [5.74, 6) is 0. The van der Waals surface area contributed by atoms with Crippen LogP contribution in [-0.4, -0.2) is 13.2 Å². The molecule has 3 nitrogen and oxygen atoms in total. The first-order valence-corrected chi connectivity index (χ1v) is 7.84. The second kappa shape index (κ2) is 6.39. The SMILES string of the molecule is CCOP(=O)(OCC)c1ccc(Br)cc1C(F)(F)F. The molecular weight excluding hydrogens is 348 g/mol. The zero-order valence-corrected chi connectivity index (χ0v) is 12.8. The van der Waals surface area contributed by atoms with Gasteiger partial charge < -0.3 is 9.05 Å². The van der Waals surface area contributed by atoms with Crippen LogP contribution in [0.1, 0.15) is 19.4 Å². The summed E-state index contributed by atoms with van der Waals surface area (Å²) in [5.41, 5.74) is -1.02. The highest BCUT2D eigenvalue weighted by atomic mass is 79.9. The molecule has 19 heavy (non-hydrogen) atoms.